The van der Waals surface area contributed by atoms with Crippen LogP contribution in [0.3, 0.4) is 0 Å². The fourth-order valence-electron chi connectivity index (χ4n) is 7.06. The highest BCUT2D eigenvalue weighted by Crippen LogP contribution is 2.16. The Kier molecular flexibility index (Phi) is 46.9. The lowest BCUT2D eigenvalue weighted by Crippen LogP contribution is -2.30. The molecule has 350 valence electrons. The molecule has 0 aromatic carbocycles. The third-order valence-corrected chi connectivity index (χ3v) is 10.9. The van der Waals surface area contributed by atoms with E-state index in [9.17, 15) is 14.4 Å². The SMILES string of the molecule is CC\C=C/C=C\C=C/C=C\C=C\C=C/CCCCCC(=O)OCC(COC(=O)CCCCCCCCCCC)OC(=O)CCCCCCCCCCCCCCCCCCC. The first-order valence-corrected chi connectivity index (χ1v) is 25.5. The lowest BCUT2D eigenvalue weighted by Gasteiger charge is -2.18. The predicted molar refractivity (Wildman–Crippen MR) is 261 cm³/mol. The molecular weight excluding hydrogens is 757 g/mol. The van der Waals surface area contributed by atoms with Crippen LogP contribution in [0, 0.1) is 0 Å². The molecule has 1 unspecified atom stereocenters. The van der Waals surface area contributed by atoms with Crippen molar-refractivity contribution in [2.45, 2.75) is 245 Å². The van der Waals surface area contributed by atoms with Gasteiger partial charge in [0.1, 0.15) is 13.2 Å². The average Bonchev–Trinajstić information content (AvgIpc) is 3.26. The summed E-state index contributed by atoms with van der Waals surface area (Å²) in [6.45, 7) is 6.44. The van der Waals surface area contributed by atoms with Crippen LogP contribution in [0.4, 0.5) is 0 Å². The monoisotopic (exact) mass is 851 g/mol. The molecule has 1 atom stereocenters. The van der Waals surface area contributed by atoms with E-state index in [0.29, 0.717) is 19.3 Å². The molecule has 0 heterocycles. The molecule has 0 aromatic heterocycles. The van der Waals surface area contributed by atoms with Gasteiger partial charge in [0.15, 0.2) is 6.10 Å². The van der Waals surface area contributed by atoms with Crippen molar-refractivity contribution in [3.05, 3.63) is 72.9 Å². The van der Waals surface area contributed by atoms with Crippen LogP contribution < -0.4 is 0 Å². The Labute approximate surface area is 376 Å². The standard InChI is InChI=1S/C55H94O6/c1-4-7-10-13-16-19-21-23-25-27-29-31-33-36-39-42-45-48-54(57)60-51-52(50-59-53(56)47-44-41-38-35-18-15-12-9-6-3)61-55(58)49-46-43-40-37-34-32-30-28-26-24-22-20-17-14-11-8-5-2/h7,10,13,16,19,21,23,25,27,29,31,33,52H,4-6,8-9,11-12,14-15,17-18,20,22,24,26,28,30,32,34-51H2,1-3H3/b10-7-,16-13-,21-19-,25-23-,29-27+,33-31-. The van der Waals surface area contributed by atoms with Crippen LogP contribution >= 0.6 is 0 Å². The van der Waals surface area contributed by atoms with Crippen molar-refractivity contribution in [1.82, 2.24) is 0 Å². The number of hydrogen-bond acceptors (Lipinski definition) is 6. The zero-order valence-corrected chi connectivity index (χ0v) is 39.9. The van der Waals surface area contributed by atoms with Crippen LogP contribution in [0.25, 0.3) is 0 Å². The summed E-state index contributed by atoms with van der Waals surface area (Å²) < 4.78 is 16.7. The second kappa shape index (κ2) is 49.5. The van der Waals surface area contributed by atoms with Gasteiger partial charge in [-0.25, -0.2) is 0 Å². The highest BCUT2D eigenvalue weighted by atomic mass is 16.6. The minimum Gasteiger partial charge on any atom is -0.462 e. The van der Waals surface area contributed by atoms with E-state index < -0.39 is 6.10 Å². The van der Waals surface area contributed by atoms with Crippen molar-refractivity contribution in [1.29, 1.82) is 0 Å². The number of ether oxygens (including phenoxy) is 3. The Bertz CT molecular complexity index is 1160. The van der Waals surface area contributed by atoms with E-state index in [1.165, 1.54) is 128 Å². The minimum atomic E-state index is -0.789. The van der Waals surface area contributed by atoms with Gasteiger partial charge in [-0.05, 0) is 38.5 Å². The first kappa shape index (κ1) is 57.9. The Morgan fingerprint density at radius 3 is 1.00 bits per heavy atom. The first-order valence-electron chi connectivity index (χ1n) is 25.5. The predicted octanol–water partition coefficient (Wildman–Crippen LogP) is 16.6. The van der Waals surface area contributed by atoms with Gasteiger partial charge in [0.25, 0.3) is 0 Å². The number of allylic oxidation sites excluding steroid dienone is 12. The molecule has 0 amide bonds. The van der Waals surface area contributed by atoms with Gasteiger partial charge >= 0.3 is 17.9 Å². The molecule has 0 aliphatic rings. The van der Waals surface area contributed by atoms with E-state index in [-0.39, 0.29) is 31.1 Å². The summed E-state index contributed by atoms with van der Waals surface area (Å²) in [5, 5.41) is 0. The van der Waals surface area contributed by atoms with Gasteiger partial charge in [-0.1, -0.05) is 254 Å². The summed E-state index contributed by atoms with van der Waals surface area (Å²) in [6.07, 6.45) is 61.7. The Hall–Kier alpha value is -3.15. The molecule has 0 rings (SSSR count). The number of rotatable bonds is 45. The second-order valence-corrected chi connectivity index (χ2v) is 16.9. The Balaban J connectivity index is 4.40. The molecule has 0 spiro atoms. The molecule has 0 N–H and O–H groups in total. The smallest absolute Gasteiger partial charge is 0.306 e. The summed E-state index contributed by atoms with van der Waals surface area (Å²) in [5.41, 5.74) is 0. The first-order chi connectivity index (χ1) is 30.0. The van der Waals surface area contributed by atoms with E-state index in [1.807, 2.05) is 60.8 Å². The van der Waals surface area contributed by atoms with Crippen LogP contribution in [-0.4, -0.2) is 37.2 Å². The van der Waals surface area contributed by atoms with Gasteiger partial charge < -0.3 is 14.2 Å². The maximum atomic E-state index is 12.8. The lowest BCUT2D eigenvalue weighted by molar-refractivity contribution is -0.167. The topological polar surface area (TPSA) is 78.9 Å². The molecule has 0 saturated carbocycles. The second-order valence-electron chi connectivity index (χ2n) is 16.9. The van der Waals surface area contributed by atoms with Crippen molar-refractivity contribution in [3.63, 3.8) is 0 Å². The third-order valence-electron chi connectivity index (χ3n) is 10.9. The van der Waals surface area contributed by atoms with Crippen molar-refractivity contribution < 1.29 is 28.6 Å². The van der Waals surface area contributed by atoms with Gasteiger partial charge in [-0.15, -0.1) is 0 Å². The maximum Gasteiger partial charge on any atom is 0.306 e. The molecule has 0 bridgehead atoms. The lowest BCUT2D eigenvalue weighted by atomic mass is 10.0. The van der Waals surface area contributed by atoms with Crippen LogP contribution in [0.5, 0.6) is 0 Å². The van der Waals surface area contributed by atoms with E-state index >= 15 is 0 Å². The zero-order chi connectivity index (χ0) is 44.4. The summed E-state index contributed by atoms with van der Waals surface area (Å²) >= 11 is 0. The largest absolute Gasteiger partial charge is 0.462 e. The van der Waals surface area contributed by atoms with Gasteiger partial charge in [0, 0.05) is 19.3 Å². The van der Waals surface area contributed by atoms with Crippen molar-refractivity contribution in [3.8, 4) is 0 Å². The highest BCUT2D eigenvalue weighted by Gasteiger charge is 2.19. The summed E-state index contributed by atoms with van der Waals surface area (Å²) in [5.74, 6) is -0.931. The minimum absolute atomic E-state index is 0.0874. The number of carbonyl (C=O) groups excluding carboxylic acids is 3. The Morgan fingerprint density at radius 2 is 0.639 bits per heavy atom. The molecule has 6 nitrogen and oxygen atoms in total. The molecular formula is C55H94O6. The molecule has 0 aliphatic heterocycles. The van der Waals surface area contributed by atoms with Gasteiger partial charge in [0.05, 0.1) is 0 Å². The van der Waals surface area contributed by atoms with Gasteiger partial charge in [-0.3, -0.25) is 14.4 Å². The normalized spacial score (nSPS) is 12.6. The number of esters is 3. The molecule has 0 saturated heterocycles. The van der Waals surface area contributed by atoms with E-state index in [2.05, 4.69) is 32.9 Å². The summed E-state index contributed by atoms with van der Waals surface area (Å²) in [7, 11) is 0. The van der Waals surface area contributed by atoms with Crippen molar-refractivity contribution >= 4 is 17.9 Å². The fraction of sp³-hybridized carbons (Fsp3) is 0.727. The molecule has 0 radical (unpaired) electrons. The molecule has 6 heteroatoms. The number of unbranched alkanes of at least 4 members (excludes halogenated alkanes) is 27. The highest BCUT2D eigenvalue weighted by molar-refractivity contribution is 5.71. The van der Waals surface area contributed by atoms with Crippen molar-refractivity contribution in [2.75, 3.05) is 13.2 Å². The maximum absolute atomic E-state index is 12.8. The van der Waals surface area contributed by atoms with E-state index in [4.69, 9.17) is 14.2 Å². The van der Waals surface area contributed by atoms with Gasteiger partial charge in [0.2, 0.25) is 0 Å². The van der Waals surface area contributed by atoms with E-state index in [1.54, 1.807) is 0 Å². The summed E-state index contributed by atoms with van der Waals surface area (Å²) in [6, 6.07) is 0. The quantitative estimate of drug-likeness (QED) is 0.0263. The average molecular weight is 851 g/mol. The molecule has 0 aliphatic carbocycles. The Morgan fingerprint density at radius 1 is 0.344 bits per heavy atom. The van der Waals surface area contributed by atoms with Crippen LogP contribution in [0.1, 0.15) is 239 Å². The molecule has 0 fully saturated rings. The van der Waals surface area contributed by atoms with E-state index in [0.717, 1.165) is 70.6 Å². The number of carbonyl (C=O) groups is 3. The number of hydrogen-bond donors (Lipinski definition) is 0. The van der Waals surface area contributed by atoms with Crippen LogP contribution in [0.2, 0.25) is 0 Å². The van der Waals surface area contributed by atoms with Crippen molar-refractivity contribution in [2.24, 2.45) is 0 Å². The zero-order valence-electron chi connectivity index (χ0n) is 39.9. The molecule has 61 heavy (non-hydrogen) atoms. The third kappa shape index (κ3) is 47.7. The van der Waals surface area contributed by atoms with Gasteiger partial charge in [-0.2, -0.15) is 0 Å². The summed E-state index contributed by atoms with van der Waals surface area (Å²) in [4.78, 5) is 37.9. The fourth-order valence-corrected chi connectivity index (χ4v) is 7.06. The van der Waals surface area contributed by atoms with Crippen LogP contribution in [-0.2, 0) is 28.6 Å². The molecule has 0 aromatic rings. The van der Waals surface area contributed by atoms with Crippen LogP contribution in [0.15, 0.2) is 72.9 Å².